The Balaban J connectivity index is 1.68. The van der Waals surface area contributed by atoms with Gasteiger partial charge in [-0.3, -0.25) is 0 Å². The van der Waals surface area contributed by atoms with Crippen LogP contribution in [0.3, 0.4) is 0 Å². The molecule has 3 rings (SSSR count). The summed E-state index contributed by atoms with van der Waals surface area (Å²) < 4.78 is 0.844. The standard InChI is InChI=1S/C17H16ClNS2/c18-16-9-8-15(21-16)17(14-7-4-12-20-14)19-11-10-13-5-2-1-3-6-13/h1-9,12,17,19H,10-11H2. The van der Waals surface area contributed by atoms with Gasteiger partial charge in [0.2, 0.25) is 0 Å². The molecule has 1 unspecified atom stereocenters. The van der Waals surface area contributed by atoms with Gasteiger partial charge in [-0.05, 0) is 35.6 Å². The van der Waals surface area contributed by atoms with E-state index in [-0.39, 0.29) is 6.04 Å². The molecule has 0 bridgehead atoms. The summed E-state index contributed by atoms with van der Waals surface area (Å²) in [6.07, 6.45) is 1.03. The Hall–Kier alpha value is -1.13. The molecule has 108 valence electrons. The van der Waals surface area contributed by atoms with Crippen LogP contribution in [0.2, 0.25) is 4.34 Å². The Labute approximate surface area is 138 Å². The highest BCUT2D eigenvalue weighted by atomic mass is 35.5. The lowest BCUT2D eigenvalue weighted by atomic mass is 10.1. The number of benzene rings is 1. The zero-order valence-corrected chi connectivity index (χ0v) is 13.8. The van der Waals surface area contributed by atoms with Crippen LogP contribution in [-0.2, 0) is 6.42 Å². The van der Waals surface area contributed by atoms with Crippen molar-refractivity contribution >= 4 is 34.3 Å². The number of hydrogen-bond acceptors (Lipinski definition) is 3. The lowest BCUT2D eigenvalue weighted by Crippen LogP contribution is -2.23. The number of halogens is 1. The van der Waals surface area contributed by atoms with Gasteiger partial charge in [0.15, 0.2) is 0 Å². The first-order chi connectivity index (χ1) is 10.3. The van der Waals surface area contributed by atoms with Crippen molar-refractivity contribution in [3.8, 4) is 0 Å². The van der Waals surface area contributed by atoms with Gasteiger partial charge in [-0.15, -0.1) is 22.7 Å². The van der Waals surface area contributed by atoms with Crippen LogP contribution in [-0.4, -0.2) is 6.54 Å². The second kappa shape index (κ2) is 7.23. The van der Waals surface area contributed by atoms with Crippen molar-refractivity contribution in [1.82, 2.24) is 5.32 Å². The van der Waals surface area contributed by atoms with Gasteiger partial charge in [0.25, 0.3) is 0 Å². The average Bonchev–Trinajstić information content (AvgIpc) is 3.16. The molecule has 0 radical (unpaired) electrons. The molecule has 2 aromatic heterocycles. The molecule has 0 saturated carbocycles. The van der Waals surface area contributed by atoms with Gasteiger partial charge in [-0.2, -0.15) is 0 Å². The van der Waals surface area contributed by atoms with Gasteiger partial charge in [0.1, 0.15) is 0 Å². The van der Waals surface area contributed by atoms with Gasteiger partial charge in [0, 0.05) is 16.3 Å². The SMILES string of the molecule is Clc1ccc(C(NCCc2ccccc2)c2cccs2)s1. The molecule has 1 nitrogen and oxygen atoms in total. The highest BCUT2D eigenvalue weighted by Crippen LogP contribution is 2.32. The summed E-state index contributed by atoms with van der Waals surface area (Å²) in [6, 6.07) is 19.2. The van der Waals surface area contributed by atoms with Crippen molar-refractivity contribution in [1.29, 1.82) is 0 Å². The van der Waals surface area contributed by atoms with Crippen LogP contribution in [0.15, 0.2) is 60.0 Å². The van der Waals surface area contributed by atoms with Crippen LogP contribution in [0.25, 0.3) is 0 Å². The fourth-order valence-electron chi connectivity index (χ4n) is 2.29. The van der Waals surface area contributed by atoms with E-state index in [1.165, 1.54) is 15.3 Å². The van der Waals surface area contributed by atoms with Crippen LogP contribution >= 0.6 is 34.3 Å². The molecule has 1 N–H and O–H groups in total. The topological polar surface area (TPSA) is 12.0 Å². The van der Waals surface area contributed by atoms with Crippen LogP contribution in [0.5, 0.6) is 0 Å². The quantitative estimate of drug-likeness (QED) is 0.638. The van der Waals surface area contributed by atoms with E-state index < -0.39 is 0 Å². The zero-order chi connectivity index (χ0) is 14.5. The molecule has 0 aliphatic rings. The van der Waals surface area contributed by atoms with E-state index in [2.05, 4.69) is 59.2 Å². The first-order valence-electron chi connectivity index (χ1n) is 6.89. The minimum atomic E-state index is 0.242. The number of hydrogen-bond donors (Lipinski definition) is 1. The molecule has 3 aromatic rings. The molecular formula is C17H16ClNS2. The highest BCUT2D eigenvalue weighted by Gasteiger charge is 2.16. The zero-order valence-electron chi connectivity index (χ0n) is 11.5. The van der Waals surface area contributed by atoms with Gasteiger partial charge in [-0.1, -0.05) is 48.0 Å². The second-order valence-electron chi connectivity index (χ2n) is 4.78. The average molecular weight is 334 g/mol. The van der Waals surface area contributed by atoms with Gasteiger partial charge < -0.3 is 5.32 Å². The van der Waals surface area contributed by atoms with Crippen molar-refractivity contribution in [2.45, 2.75) is 12.5 Å². The fraction of sp³-hybridized carbons (Fsp3) is 0.176. The van der Waals surface area contributed by atoms with Gasteiger partial charge >= 0.3 is 0 Å². The fourth-order valence-corrected chi connectivity index (χ4v) is 4.33. The first kappa shape index (κ1) is 14.8. The van der Waals surface area contributed by atoms with E-state index >= 15 is 0 Å². The van der Waals surface area contributed by atoms with Crippen molar-refractivity contribution in [3.63, 3.8) is 0 Å². The van der Waals surface area contributed by atoms with Crippen molar-refractivity contribution < 1.29 is 0 Å². The molecule has 0 amide bonds. The predicted octanol–water partition coefficient (Wildman–Crippen LogP) is 5.38. The molecule has 2 heterocycles. The van der Waals surface area contributed by atoms with Gasteiger partial charge in [0.05, 0.1) is 10.4 Å². The molecular weight excluding hydrogens is 318 g/mol. The monoisotopic (exact) mass is 333 g/mol. The van der Waals surface area contributed by atoms with Crippen LogP contribution in [0.1, 0.15) is 21.4 Å². The first-order valence-corrected chi connectivity index (χ1v) is 8.96. The molecule has 21 heavy (non-hydrogen) atoms. The third kappa shape index (κ3) is 3.95. The highest BCUT2D eigenvalue weighted by molar-refractivity contribution is 7.16. The normalized spacial score (nSPS) is 12.4. The maximum Gasteiger partial charge on any atom is 0.0931 e. The maximum atomic E-state index is 6.09. The summed E-state index contributed by atoms with van der Waals surface area (Å²) in [6.45, 7) is 0.947. The van der Waals surface area contributed by atoms with Gasteiger partial charge in [-0.25, -0.2) is 0 Å². The number of thiophene rings is 2. The van der Waals surface area contributed by atoms with E-state index in [4.69, 9.17) is 11.6 Å². The number of nitrogens with one attached hydrogen (secondary N) is 1. The Morgan fingerprint density at radius 1 is 0.952 bits per heavy atom. The molecule has 0 saturated heterocycles. The summed E-state index contributed by atoms with van der Waals surface area (Å²) in [5, 5.41) is 5.78. The summed E-state index contributed by atoms with van der Waals surface area (Å²) in [7, 11) is 0. The molecule has 0 spiro atoms. The lowest BCUT2D eigenvalue weighted by Gasteiger charge is -2.16. The van der Waals surface area contributed by atoms with Crippen LogP contribution in [0.4, 0.5) is 0 Å². The van der Waals surface area contributed by atoms with E-state index in [1.807, 2.05) is 6.07 Å². The summed E-state index contributed by atoms with van der Waals surface area (Å²) in [4.78, 5) is 2.61. The number of rotatable bonds is 6. The minimum Gasteiger partial charge on any atom is -0.305 e. The summed E-state index contributed by atoms with van der Waals surface area (Å²) in [5.74, 6) is 0. The Bertz CT molecular complexity index is 661. The summed E-state index contributed by atoms with van der Waals surface area (Å²) >= 11 is 9.52. The smallest absolute Gasteiger partial charge is 0.0931 e. The summed E-state index contributed by atoms with van der Waals surface area (Å²) in [5.41, 5.74) is 1.36. The predicted molar refractivity (Wildman–Crippen MR) is 93.6 cm³/mol. The van der Waals surface area contributed by atoms with E-state index in [0.717, 1.165) is 17.3 Å². The van der Waals surface area contributed by atoms with Crippen molar-refractivity contribution in [2.24, 2.45) is 0 Å². The van der Waals surface area contributed by atoms with Crippen molar-refractivity contribution in [2.75, 3.05) is 6.54 Å². The van der Waals surface area contributed by atoms with Crippen LogP contribution < -0.4 is 5.32 Å². The minimum absolute atomic E-state index is 0.242. The lowest BCUT2D eigenvalue weighted by molar-refractivity contribution is 0.621. The third-order valence-corrected chi connectivity index (χ3v) is 5.54. The van der Waals surface area contributed by atoms with Crippen molar-refractivity contribution in [3.05, 3.63) is 79.6 Å². The molecule has 4 heteroatoms. The Morgan fingerprint density at radius 3 is 2.48 bits per heavy atom. The van der Waals surface area contributed by atoms with E-state index in [1.54, 1.807) is 22.7 Å². The Morgan fingerprint density at radius 2 is 1.81 bits per heavy atom. The second-order valence-corrected chi connectivity index (χ2v) is 7.51. The molecule has 0 aliphatic carbocycles. The van der Waals surface area contributed by atoms with E-state index in [9.17, 15) is 0 Å². The molecule has 0 aliphatic heterocycles. The van der Waals surface area contributed by atoms with Crippen LogP contribution in [0, 0.1) is 0 Å². The molecule has 1 aromatic carbocycles. The largest absolute Gasteiger partial charge is 0.305 e. The Kier molecular flexibility index (Phi) is 5.09. The van der Waals surface area contributed by atoms with E-state index in [0.29, 0.717) is 0 Å². The maximum absolute atomic E-state index is 6.09. The molecule has 0 fully saturated rings. The molecule has 1 atom stereocenters. The third-order valence-electron chi connectivity index (χ3n) is 3.31.